The monoisotopic (exact) mass is 465 g/mol. The van der Waals surface area contributed by atoms with E-state index in [1.807, 2.05) is 52.0 Å². The number of aryl methyl sites for hydroxylation is 1. The first-order valence-corrected chi connectivity index (χ1v) is 12.8. The van der Waals surface area contributed by atoms with Crippen LogP contribution in [0.1, 0.15) is 12.0 Å². The average Bonchev–Trinajstić information content (AvgIpc) is 3.49. The van der Waals surface area contributed by atoms with Crippen LogP contribution < -0.4 is 4.31 Å². The number of nitrogens with zero attached hydrogens (tertiary/aromatic N) is 7. The third-order valence-electron chi connectivity index (χ3n) is 5.92. The van der Waals surface area contributed by atoms with Crippen LogP contribution in [-0.4, -0.2) is 71.1 Å². The summed E-state index contributed by atoms with van der Waals surface area (Å²) in [5, 5.41) is 4.48. The second kappa shape index (κ2) is 8.27. The molecule has 5 rings (SSSR count). The lowest BCUT2D eigenvalue weighted by Gasteiger charge is -2.17. The van der Waals surface area contributed by atoms with Crippen LogP contribution in [0.5, 0.6) is 0 Å². The summed E-state index contributed by atoms with van der Waals surface area (Å²) in [5.74, 6) is 0. The van der Waals surface area contributed by atoms with Gasteiger partial charge in [-0.3, -0.25) is 13.6 Å². The third kappa shape index (κ3) is 4.23. The van der Waals surface area contributed by atoms with E-state index in [-0.39, 0.29) is 0 Å². The van der Waals surface area contributed by atoms with Crippen LogP contribution in [0.15, 0.2) is 49.1 Å². The summed E-state index contributed by atoms with van der Waals surface area (Å²) < 4.78 is 29.7. The summed E-state index contributed by atoms with van der Waals surface area (Å²) in [4.78, 5) is 11.5. The molecule has 0 N–H and O–H groups in total. The lowest BCUT2D eigenvalue weighted by molar-refractivity contribution is 0.380. The maximum absolute atomic E-state index is 12.2. The fourth-order valence-corrected chi connectivity index (χ4v) is 5.19. The van der Waals surface area contributed by atoms with Gasteiger partial charge in [-0.1, -0.05) is 6.07 Å². The zero-order chi connectivity index (χ0) is 23.2. The average molecular weight is 466 g/mol. The molecule has 0 bridgehead atoms. The SMILES string of the molecule is CN(C)CCCn1cc(-c2ccc3ncn(-c4ccc5c(c4)N(S(C)(=O)=O)CC5)c3n2)cn1. The summed E-state index contributed by atoms with van der Waals surface area (Å²) in [6.45, 7) is 2.34. The highest BCUT2D eigenvalue weighted by Gasteiger charge is 2.26. The number of anilines is 1. The summed E-state index contributed by atoms with van der Waals surface area (Å²) in [6.07, 6.45) is 8.57. The molecular formula is C23H27N7O2S. The first-order chi connectivity index (χ1) is 15.8. The molecule has 1 aliphatic heterocycles. The molecule has 4 heterocycles. The molecule has 4 aromatic rings. The van der Waals surface area contributed by atoms with Crippen LogP contribution in [0.25, 0.3) is 28.1 Å². The zero-order valence-electron chi connectivity index (χ0n) is 19.0. The van der Waals surface area contributed by atoms with Crippen LogP contribution in [0.3, 0.4) is 0 Å². The smallest absolute Gasteiger partial charge is 0.232 e. The first-order valence-electron chi connectivity index (χ1n) is 10.9. The van der Waals surface area contributed by atoms with Crippen molar-refractivity contribution in [2.45, 2.75) is 19.4 Å². The van der Waals surface area contributed by atoms with Crippen molar-refractivity contribution in [2.75, 3.05) is 37.7 Å². The molecule has 0 fully saturated rings. The van der Waals surface area contributed by atoms with Crippen LogP contribution in [-0.2, 0) is 23.0 Å². The predicted molar refractivity (Wildman–Crippen MR) is 129 cm³/mol. The van der Waals surface area contributed by atoms with Crippen molar-refractivity contribution < 1.29 is 8.42 Å². The van der Waals surface area contributed by atoms with E-state index in [9.17, 15) is 8.42 Å². The maximum atomic E-state index is 12.2. The van der Waals surface area contributed by atoms with Crippen LogP contribution in [0, 0.1) is 0 Å². The molecule has 1 aromatic carbocycles. The number of hydrogen-bond acceptors (Lipinski definition) is 6. The number of pyridine rings is 1. The number of imidazole rings is 1. The summed E-state index contributed by atoms with van der Waals surface area (Å²) >= 11 is 0. The van der Waals surface area contributed by atoms with E-state index < -0.39 is 10.0 Å². The molecule has 0 atom stereocenters. The number of aromatic nitrogens is 5. The Balaban J connectivity index is 1.47. The molecule has 0 spiro atoms. The van der Waals surface area contributed by atoms with Gasteiger partial charge in [0.15, 0.2) is 5.65 Å². The Morgan fingerprint density at radius 1 is 1.15 bits per heavy atom. The Morgan fingerprint density at radius 3 is 2.79 bits per heavy atom. The lowest BCUT2D eigenvalue weighted by atomic mass is 10.1. The van der Waals surface area contributed by atoms with Gasteiger partial charge in [0.25, 0.3) is 0 Å². The highest BCUT2D eigenvalue weighted by atomic mass is 32.2. The molecule has 33 heavy (non-hydrogen) atoms. The molecule has 3 aromatic heterocycles. The highest BCUT2D eigenvalue weighted by molar-refractivity contribution is 7.92. The standard InChI is InChI=1S/C23H27N7O2S/c1-27(2)10-4-11-28-15-18(14-25-28)20-7-8-21-23(26-20)29(16-24-21)19-6-5-17-9-12-30(22(17)13-19)33(3,31)32/h5-8,13-16H,4,9-12H2,1-3H3. The van der Waals surface area contributed by atoms with Gasteiger partial charge in [-0.05, 0) is 63.3 Å². The first kappa shape index (κ1) is 21.6. The Morgan fingerprint density at radius 2 is 2.00 bits per heavy atom. The van der Waals surface area contributed by atoms with Gasteiger partial charge < -0.3 is 4.90 Å². The van der Waals surface area contributed by atoms with Crippen molar-refractivity contribution >= 4 is 26.9 Å². The quantitative estimate of drug-likeness (QED) is 0.417. The van der Waals surface area contributed by atoms with Crippen molar-refractivity contribution in [2.24, 2.45) is 0 Å². The molecule has 0 saturated carbocycles. The minimum absolute atomic E-state index is 0.475. The molecule has 0 radical (unpaired) electrons. The van der Waals surface area contributed by atoms with Gasteiger partial charge in [-0.25, -0.2) is 18.4 Å². The normalized spacial score (nSPS) is 13.9. The maximum Gasteiger partial charge on any atom is 0.232 e. The molecule has 0 saturated heterocycles. The largest absolute Gasteiger partial charge is 0.309 e. The van der Waals surface area contributed by atoms with E-state index in [4.69, 9.17) is 4.98 Å². The van der Waals surface area contributed by atoms with Crippen molar-refractivity contribution in [3.05, 3.63) is 54.6 Å². The van der Waals surface area contributed by atoms with Crippen LogP contribution in [0.2, 0.25) is 0 Å². The van der Waals surface area contributed by atoms with Crippen molar-refractivity contribution in [1.29, 1.82) is 0 Å². The van der Waals surface area contributed by atoms with E-state index in [1.165, 1.54) is 10.6 Å². The minimum atomic E-state index is -3.32. The highest BCUT2D eigenvalue weighted by Crippen LogP contribution is 2.33. The molecule has 9 nitrogen and oxygen atoms in total. The third-order valence-corrected chi connectivity index (χ3v) is 7.10. The molecular weight excluding hydrogens is 438 g/mol. The second-order valence-electron chi connectivity index (χ2n) is 8.70. The van der Waals surface area contributed by atoms with E-state index >= 15 is 0 Å². The van der Waals surface area contributed by atoms with Gasteiger partial charge in [0.2, 0.25) is 10.0 Å². The summed E-state index contributed by atoms with van der Waals surface area (Å²) in [7, 11) is 0.817. The summed E-state index contributed by atoms with van der Waals surface area (Å²) in [5.41, 5.74) is 5.86. The number of fused-ring (bicyclic) bond motifs is 2. The minimum Gasteiger partial charge on any atom is -0.309 e. The molecule has 10 heteroatoms. The molecule has 0 unspecified atom stereocenters. The van der Waals surface area contributed by atoms with Gasteiger partial charge in [-0.2, -0.15) is 5.10 Å². The number of rotatable bonds is 7. The Labute approximate surface area is 193 Å². The number of benzene rings is 1. The van der Waals surface area contributed by atoms with Crippen LogP contribution in [0.4, 0.5) is 5.69 Å². The molecule has 172 valence electrons. The van der Waals surface area contributed by atoms with E-state index in [0.29, 0.717) is 13.0 Å². The number of hydrogen-bond donors (Lipinski definition) is 0. The van der Waals surface area contributed by atoms with Crippen molar-refractivity contribution in [1.82, 2.24) is 29.2 Å². The van der Waals surface area contributed by atoms with E-state index in [2.05, 4.69) is 29.1 Å². The Kier molecular flexibility index (Phi) is 5.41. The van der Waals surface area contributed by atoms with Gasteiger partial charge in [0.05, 0.1) is 29.5 Å². The summed E-state index contributed by atoms with van der Waals surface area (Å²) in [6, 6.07) is 9.79. The fraction of sp³-hybridized carbons (Fsp3) is 0.348. The Bertz CT molecular complexity index is 1420. The molecule has 0 amide bonds. The van der Waals surface area contributed by atoms with E-state index in [0.717, 1.165) is 58.9 Å². The van der Waals surface area contributed by atoms with E-state index in [1.54, 1.807) is 6.33 Å². The lowest BCUT2D eigenvalue weighted by Crippen LogP contribution is -2.27. The fourth-order valence-electron chi connectivity index (χ4n) is 4.24. The zero-order valence-corrected chi connectivity index (χ0v) is 19.8. The van der Waals surface area contributed by atoms with Gasteiger partial charge in [0.1, 0.15) is 11.8 Å². The topological polar surface area (TPSA) is 89.2 Å². The number of sulfonamides is 1. The Hall–Kier alpha value is -3.24. The van der Waals surface area contributed by atoms with Gasteiger partial charge >= 0.3 is 0 Å². The molecule has 1 aliphatic rings. The predicted octanol–water partition coefficient (Wildman–Crippen LogP) is 2.56. The molecule has 0 aliphatic carbocycles. The second-order valence-corrected chi connectivity index (χ2v) is 10.6. The van der Waals surface area contributed by atoms with Gasteiger partial charge in [-0.15, -0.1) is 0 Å². The van der Waals surface area contributed by atoms with Crippen molar-refractivity contribution in [3.63, 3.8) is 0 Å². The van der Waals surface area contributed by atoms with Crippen molar-refractivity contribution in [3.8, 4) is 16.9 Å². The van der Waals surface area contributed by atoms with Crippen LogP contribution >= 0.6 is 0 Å². The van der Waals surface area contributed by atoms with Gasteiger partial charge in [0, 0.05) is 24.8 Å².